The molecule has 2 rings (SSSR count). The molecule has 0 amide bonds. The summed E-state index contributed by atoms with van der Waals surface area (Å²) < 4.78 is 9.39. The molecule has 0 N–H and O–H groups in total. The lowest BCUT2D eigenvalue weighted by Crippen LogP contribution is -1.80. The lowest BCUT2D eigenvalue weighted by Gasteiger charge is -2.03. The fourth-order valence-electron chi connectivity index (χ4n) is 2.30. The van der Waals surface area contributed by atoms with E-state index in [1.165, 1.54) is 74.4 Å². The van der Waals surface area contributed by atoms with Gasteiger partial charge in [-0.05, 0) is 48.7 Å². The standard InChI is InChI=1S/C22H36S8/c1-5-9-13-23-17-18(24-14-10-6-2)28-21(27-17)22-29-19(25-15-11-7-3)20(30-22)26-16-12-8-4/h5-16H2,1-4H3. The van der Waals surface area contributed by atoms with Crippen LogP contribution in [0.1, 0.15) is 79.1 Å². The zero-order chi connectivity index (χ0) is 21.6. The van der Waals surface area contributed by atoms with Crippen LogP contribution in [0.25, 0.3) is 0 Å². The summed E-state index contributed by atoms with van der Waals surface area (Å²) in [6, 6.07) is 0. The number of unbranched alkanes of at least 4 members (excludes halogenated alkanes) is 4. The highest BCUT2D eigenvalue weighted by molar-refractivity contribution is 8.45. The zero-order valence-electron chi connectivity index (χ0n) is 18.8. The van der Waals surface area contributed by atoms with Gasteiger partial charge in [0, 0.05) is 0 Å². The Morgan fingerprint density at radius 3 is 0.867 bits per heavy atom. The van der Waals surface area contributed by atoms with Crippen LogP contribution in [0.15, 0.2) is 25.4 Å². The van der Waals surface area contributed by atoms with Gasteiger partial charge in [-0.25, -0.2) is 0 Å². The molecule has 2 aliphatic heterocycles. The first-order valence-electron chi connectivity index (χ1n) is 11.2. The van der Waals surface area contributed by atoms with Crippen molar-refractivity contribution in [2.45, 2.75) is 79.1 Å². The minimum Gasteiger partial charge on any atom is -0.117 e. The number of thioether (sulfide) groups is 8. The van der Waals surface area contributed by atoms with Gasteiger partial charge in [-0.15, -0.1) is 47.0 Å². The average Bonchev–Trinajstić information content (AvgIpc) is 3.33. The third-order valence-electron chi connectivity index (χ3n) is 4.17. The molecule has 0 aromatic rings. The quantitative estimate of drug-likeness (QED) is 0.170. The molecule has 0 unspecified atom stereocenters. The summed E-state index contributed by atoms with van der Waals surface area (Å²) in [7, 11) is 0. The number of hydrogen-bond donors (Lipinski definition) is 0. The van der Waals surface area contributed by atoms with Gasteiger partial charge in [-0.3, -0.25) is 0 Å². The molecule has 8 heteroatoms. The molecule has 0 saturated carbocycles. The van der Waals surface area contributed by atoms with Crippen molar-refractivity contribution in [2.24, 2.45) is 0 Å². The Hall–Kier alpha value is 2.02. The summed E-state index contributed by atoms with van der Waals surface area (Å²) in [4.78, 5) is 0. The number of hydrogen-bond acceptors (Lipinski definition) is 8. The highest BCUT2D eigenvalue weighted by Gasteiger charge is 2.30. The molecule has 30 heavy (non-hydrogen) atoms. The van der Waals surface area contributed by atoms with Gasteiger partial charge >= 0.3 is 0 Å². The molecule has 2 heterocycles. The first kappa shape index (κ1) is 28.3. The van der Waals surface area contributed by atoms with Gasteiger partial charge < -0.3 is 0 Å². The summed E-state index contributed by atoms with van der Waals surface area (Å²) in [5.74, 6) is 5.03. The van der Waals surface area contributed by atoms with Crippen LogP contribution in [0.5, 0.6) is 0 Å². The molecule has 0 fully saturated rings. The largest absolute Gasteiger partial charge is 0.117 e. The Morgan fingerprint density at radius 1 is 0.433 bits per heavy atom. The molecule has 0 nitrogen and oxygen atoms in total. The maximum atomic E-state index is 2.29. The lowest BCUT2D eigenvalue weighted by molar-refractivity contribution is 0.897. The molecule has 2 aliphatic rings. The van der Waals surface area contributed by atoms with Gasteiger partial charge in [-0.1, -0.05) is 100 Å². The Labute approximate surface area is 219 Å². The third-order valence-corrected chi connectivity index (χ3v) is 16.1. The van der Waals surface area contributed by atoms with Crippen molar-refractivity contribution in [2.75, 3.05) is 23.0 Å². The van der Waals surface area contributed by atoms with Crippen molar-refractivity contribution in [3.05, 3.63) is 25.4 Å². The maximum Gasteiger partial charge on any atom is 0.0717 e. The van der Waals surface area contributed by atoms with Crippen molar-refractivity contribution >= 4 is 94.1 Å². The highest BCUT2D eigenvalue weighted by Crippen LogP contribution is 2.66. The van der Waals surface area contributed by atoms with Crippen molar-refractivity contribution < 1.29 is 0 Å². The molecule has 0 aliphatic carbocycles. The molecular weight excluding hydrogens is 521 g/mol. The van der Waals surface area contributed by atoms with Crippen LogP contribution in [-0.4, -0.2) is 23.0 Å². The SMILES string of the molecule is CCCCSC1=C(SCCCC)SC(=C2SC(SCCCC)=C(SCCCC)S2)S1. The predicted octanol–water partition coefficient (Wildman–Crippen LogP) is 11.5. The Morgan fingerprint density at radius 2 is 0.667 bits per heavy atom. The van der Waals surface area contributed by atoms with E-state index in [2.05, 4.69) is 122 Å². The van der Waals surface area contributed by atoms with E-state index < -0.39 is 0 Å². The van der Waals surface area contributed by atoms with Gasteiger partial charge in [0.1, 0.15) is 0 Å². The molecule has 0 aromatic carbocycles. The van der Waals surface area contributed by atoms with Crippen LogP contribution < -0.4 is 0 Å². The van der Waals surface area contributed by atoms with E-state index in [4.69, 9.17) is 0 Å². The first-order chi connectivity index (χ1) is 14.7. The van der Waals surface area contributed by atoms with Crippen molar-refractivity contribution in [1.29, 1.82) is 0 Å². The van der Waals surface area contributed by atoms with E-state index >= 15 is 0 Å². The van der Waals surface area contributed by atoms with Crippen molar-refractivity contribution in [3.8, 4) is 0 Å². The second kappa shape index (κ2) is 17.5. The molecular formula is C22H36S8. The second-order valence-corrected chi connectivity index (χ2v) is 17.0. The van der Waals surface area contributed by atoms with E-state index in [0.29, 0.717) is 0 Å². The van der Waals surface area contributed by atoms with Gasteiger partial charge in [0.25, 0.3) is 0 Å². The van der Waals surface area contributed by atoms with E-state index in [9.17, 15) is 0 Å². The minimum absolute atomic E-state index is 1.26. The van der Waals surface area contributed by atoms with Crippen molar-refractivity contribution in [3.63, 3.8) is 0 Å². The van der Waals surface area contributed by atoms with Gasteiger partial charge in [0.15, 0.2) is 0 Å². The van der Waals surface area contributed by atoms with Gasteiger partial charge in [-0.2, -0.15) is 0 Å². The Balaban J connectivity index is 2.05. The third kappa shape index (κ3) is 10.1. The normalized spacial score (nSPS) is 17.2. The average molecular weight is 557 g/mol. The van der Waals surface area contributed by atoms with Gasteiger partial charge in [0.05, 0.1) is 25.4 Å². The lowest BCUT2D eigenvalue weighted by atomic mass is 10.4. The summed E-state index contributed by atoms with van der Waals surface area (Å²) >= 11 is 16.6. The fraction of sp³-hybridized carbons (Fsp3) is 0.727. The van der Waals surface area contributed by atoms with Crippen LogP contribution in [0.2, 0.25) is 0 Å². The zero-order valence-corrected chi connectivity index (χ0v) is 25.3. The summed E-state index contributed by atoms with van der Waals surface area (Å²) in [5, 5.41) is 0. The Bertz CT molecular complexity index is 508. The summed E-state index contributed by atoms with van der Waals surface area (Å²) in [6.45, 7) is 9.18. The molecule has 0 bridgehead atoms. The van der Waals surface area contributed by atoms with Crippen LogP contribution in [0, 0.1) is 0 Å². The molecule has 0 aromatic heterocycles. The van der Waals surface area contributed by atoms with E-state index in [1.807, 2.05) is 0 Å². The topological polar surface area (TPSA) is 0 Å². The highest BCUT2D eigenvalue weighted by atomic mass is 32.3. The maximum absolute atomic E-state index is 2.29. The van der Waals surface area contributed by atoms with E-state index in [1.54, 1.807) is 25.4 Å². The first-order valence-corrected chi connectivity index (χ1v) is 18.4. The van der Waals surface area contributed by atoms with E-state index in [-0.39, 0.29) is 0 Å². The van der Waals surface area contributed by atoms with Gasteiger partial charge in [0.2, 0.25) is 0 Å². The van der Waals surface area contributed by atoms with Crippen molar-refractivity contribution in [1.82, 2.24) is 0 Å². The fourth-order valence-corrected chi connectivity index (χ4v) is 14.9. The molecule has 0 spiro atoms. The molecule has 0 radical (unpaired) electrons. The number of rotatable bonds is 16. The smallest absolute Gasteiger partial charge is 0.0717 e. The van der Waals surface area contributed by atoms with Crippen LogP contribution >= 0.6 is 94.1 Å². The Kier molecular flexibility index (Phi) is 16.4. The van der Waals surface area contributed by atoms with Crippen LogP contribution in [0.4, 0.5) is 0 Å². The van der Waals surface area contributed by atoms with Crippen LogP contribution in [0.3, 0.4) is 0 Å². The van der Waals surface area contributed by atoms with E-state index in [0.717, 1.165) is 0 Å². The summed E-state index contributed by atoms with van der Waals surface area (Å²) in [5.41, 5.74) is 0. The predicted molar refractivity (Wildman–Crippen MR) is 161 cm³/mol. The summed E-state index contributed by atoms with van der Waals surface area (Å²) in [6.07, 6.45) is 10.4. The minimum atomic E-state index is 1.26. The molecule has 172 valence electrons. The molecule has 0 atom stereocenters. The monoisotopic (exact) mass is 556 g/mol. The molecule has 0 saturated heterocycles. The van der Waals surface area contributed by atoms with Crippen LogP contribution in [-0.2, 0) is 0 Å². The second-order valence-electron chi connectivity index (χ2n) is 6.94.